The molecule has 9 heteroatoms. The number of anilines is 1. The molecule has 0 bridgehead atoms. The maximum absolute atomic E-state index is 5.57. The van der Waals surface area contributed by atoms with Crippen molar-refractivity contribution in [3.05, 3.63) is 29.8 Å². The van der Waals surface area contributed by atoms with Gasteiger partial charge in [0.1, 0.15) is 12.4 Å². The number of methoxy groups -OCH3 is 1. The number of fused-ring (bicyclic) bond motifs is 1. The normalized spacial score (nSPS) is 13.3. The van der Waals surface area contributed by atoms with Crippen LogP contribution in [0.4, 0.5) is 5.69 Å². The van der Waals surface area contributed by atoms with E-state index < -0.39 is 0 Å². The summed E-state index contributed by atoms with van der Waals surface area (Å²) in [5.41, 5.74) is 0.873. The molecule has 1 aromatic carbocycles. The molecule has 0 unspecified atom stereocenters. The van der Waals surface area contributed by atoms with E-state index in [1.165, 1.54) is 12.8 Å². The fourth-order valence-corrected chi connectivity index (χ4v) is 3.10. The molecule has 0 amide bonds. The van der Waals surface area contributed by atoms with Crippen molar-refractivity contribution in [3.8, 4) is 11.5 Å². The molecule has 28 heavy (non-hydrogen) atoms. The number of aliphatic imine (C=N–C) groups is 1. The molecule has 0 aliphatic carbocycles. The molecule has 0 saturated heterocycles. The minimum Gasteiger partial charge on any atom is -0.493 e. The quantitative estimate of drug-likeness (QED) is 0.345. The van der Waals surface area contributed by atoms with Gasteiger partial charge in [-0.3, -0.25) is 0 Å². The first-order chi connectivity index (χ1) is 13.2. The van der Waals surface area contributed by atoms with E-state index in [4.69, 9.17) is 9.47 Å². The van der Waals surface area contributed by atoms with Crippen molar-refractivity contribution < 1.29 is 9.47 Å². The van der Waals surface area contributed by atoms with Crippen molar-refractivity contribution in [1.82, 2.24) is 20.1 Å². The summed E-state index contributed by atoms with van der Waals surface area (Å²) >= 11 is 0. The summed E-state index contributed by atoms with van der Waals surface area (Å²) in [6.45, 7) is 6.80. The highest BCUT2D eigenvalue weighted by atomic mass is 127. The van der Waals surface area contributed by atoms with Crippen molar-refractivity contribution >= 4 is 35.6 Å². The van der Waals surface area contributed by atoms with Gasteiger partial charge in [-0.25, -0.2) is 4.99 Å². The van der Waals surface area contributed by atoms with E-state index in [-0.39, 0.29) is 24.0 Å². The van der Waals surface area contributed by atoms with Gasteiger partial charge >= 0.3 is 0 Å². The van der Waals surface area contributed by atoms with Gasteiger partial charge in [0.15, 0.2) is 23.3 Å². The molecule has 0 radical (unpaired) electrons. The number of hydrogen-bond acceptors (Lipinski definition) is 5. The Balaban J connectivity index is 0.00000280. The van der Waals surface area contributed by atoms with Crippen LogP contribution >= 0.6 is 24.0 Å². The number of aryl methyl sites for hydroxylation is 1. The number of nitrogens with one attached hydrogen (secondary N) is 2. The highest BCUT2D eigenvalue weighted by Gasteiger charge is 2.15. The van der Waals surface area contributed by atoms with E-state index >= 15 is 0 Å². The molecule has 2 heterocycles. The second-order valence-corrected chi connectivity index (χ2v) is 6.26. The van der Waals surface area contributed by atoms with Crippen molar-refractivity contribution in [2.75, 3.05) is 25.6 Å². The molecule has 8 nitrogen and oxygen atoms in total. The van der Waals surface area contributed by atoms with Gasteiger partial charge in [-0.2, -0.15) is 0 Å². The van der Waals surface area contributed by atoms with E-state index in [1.807, 2.05) is 32.0 Å². The zero-order valence-electron chi connectivity index (χ0n) is 16.7. The number of guanidine groups is 1. The van der Waals surface area contributed by atoms with E-state index in [0.717, 1.165) is 42.6 Å². The molecule has 0 fully saturated rings. The summed E-state index contributed by atoms with van der Waals surface area (Å²) in [4.78, 5) is 4.67. The Kier molecular flexibility index (Phi) is 8.81. The third-order valence-corrected chi connectivity index (χ3v) is 4.39. The summed E-state index contributed by atoms with van der Waals surface area (Å²) in [5.74, 6) is 4.08. The van der Waals surface area contributed by atoms with Crippen molar-refractivity contribution in [1.29, 1.82) is 0 Å². The number of benzene rings is 1. The van der Waals surface area contributed by atoms with Crippen LogP contribution < -0.4 is 20.1 Å². The topological polar surface area (TPSA) is 85.6 Å². The lowest BCUT2D eigenvalue weighted by atomic mass is 10.2. The van der Waals surface area contributed by atoms with Gasteiger partial charge < -0.3 is 24.7 Å². The molecule has 0 saturated carbocycles. The Labute approximate surface area is 183 Å². The molecular weight excluding hydrogens is 471 g/mol. The largest absolute Gasteiger partial charge is 0.493 e. The predicted molar refractivity (Wildman–Crippen MR) is 121 cm³/mol. The summed E-state index contributed by atoms with van der Waals surface area (Å²) in [6, 6.07) is 5.74. The average Bonchev–Trinajstić information content (AvgIpc) is 3.11. The van der Waals surface area contributed by atoms with E-state index in [1.54, 1.807) is 7.11 Å². The Hall–Kier alpha value is -2.04. The molecule has 2 N–H and O–H groups in total. The third-order valence-electron chi connectivity index (χ3n) is 4.39. The van der Waals surface area contributed by atoms with Crippen molar-refractivity contribution in [3.63, 3.8) is 0 Å². The van der Waals surface area contributed by atoms with Gasteiger partial charge in [-0.05, 0) is 38.8 Å². The van der Waals surface area contributed by atoms with Crippen LogP contribution in [0.15, 0.2) is 23.2 Å². The Morgan fingerprint density at radius 1 is 1.21 bits per heavy atom. The molecule has 2 aromatic rings. The van der Waals surface area contributed by atoms with Crippen LogP contribution in [0.25, 0.3) is 0 Å². The van der Waals surface area contributed by atoms with Gasteiger partial charge in [0.2, 0.25) is 0 Å². The lowest BCUT2D eigenvalue weighted by molar-refractivity contribution is 0.311. The fourth-order valence-electron chi connectivity index (χ4n) is 3.10. The van der Waals surface area contributed by atoms with Crippen LogP contribution in [0.2, 0.25) is 0 Å². The minimum absolute atomic E-state index is 0. The number of hydrogen-bond donors (Lipinski definition) is 2. The number of aromatic nitrogens is 3. The number of ether oxygens (including phenoxy) is 2. The summed E-state index contributed by atoms with van der Waals surface area (Å²) in [6.07, 6.45) is 3.36. The maximum Gasteiger partial charge on any atom is 0.196 e. The van der Waals surface area contributed by atoms with Crippen molar-refractivity contribution in [2.45, 2.75) is 46.2 Å². The molecular formula is C19H29IN6O2. The summed E-state index contributed by atoms with van der Waals surface area (Å²) < 4.78 is 13.2. The molecule has 0 spiro atoms. The highest BCUT2D eigenvalue weighted by Crippen LogP contribution is 2.30. The minimum atomic E-state index is 0. The van der Waals surface area contributed by atoms with Crippen LogP contribution in [0.1, 0.15) is 38.3 Å². The molecule has 0 atom stereocenters. The van der Waals surface area contributed by atoms with Crippen LogP contribution in [-0.2, 0) is 19.5 Å². The second-order valence-electron chi connectivity index (χ2n) is 6.26. The molecule has 154 valence electrons. The highest BCUT2D eigenvalue weighted by molar-refractivity contribution is 14.0. The van der Waals surface area contributed by atoms with Crippen LogP contribution in [0, 0.1) is 0 Å². The maximum atomic E-state index is 5.57. The van der Waals surface area contributed by atoms with Gasteiger partial charge in [0.25, 0.3) is 0 Å². The third kappa shape index (κ3) is 5.49. The van der Waals surface area contributed by atoms with Gasteiger partial charge in [0.05, 0.1) is 13.7 Å². The summed E-state index contributed by atoms with van der Waals surface area (Å²) in [7, 11) is 1.63. The van der Waals surface area contributed by atoms with Gasteiger partial charge in [-0.15, -0.1) is 34.2 Å². The Morgan fingerprint density at radius 3 is 2.82 bits per heavy atom. The number of rotatable bonds is 7. The van der Waals surface area contributed by atoms with E-state index in [2.05, 4.69) is 30.4 Å². The number of halogens is 1. The van der Waals surface area contributed by atoms with E-state index in [9.17, 15) is 0 Å². The SMILES string of the molecule is CCNC(=NCc1nnc2n1CCCC2)Nc1ccc(OCC)c(OC)c1.I. The fraction of sp³-hybridized carbons (Fsp3) is 0.526. The Bertz CT molecular complexity index is 793. The van der Waals surface area contributed by atoms with Gasteiger partial charge in [0, 0.05) is 31.3 Å². The van der Waals surface area contributed by atoms with Crippen LogP contribution in [0.5, 0.6) is 11.5 Å². The zero-order chi connectivity index (χ0) is 19.1. The Morgan fingerprint density at radius 2 is 2.07 bits per heavy atom. The molecule has 3 rings (SSSR count). The van der Waals surface area contributed by atoms with Gasteiger partial charge in [-0.1, -0.05) is 0 Å². The lowest BCUT2D eigenvalue weighted by Gasteiger charge is -2.15. The first-order valence-corrected chi connectivity index (χ1v) is 9.52. The smallest absolute Gasteiger partial charge is 0.196 e. The predicted octanol–water partition coefficient (Wildman–Crippen LogP) is 3.22. The zero-order valence-corrected chi connectivity index (χ0v) is 19.0. The first kappa shape index (κ1) is 22.3. The van der Waals surface area contributed by atoms with Crippen LogP contribution in [0.3, 0.4) is 0 Å². The van der Waals surface area contributed by atoms with E-state index in [0.29, 0.717) is 24.9 Å². The molecule has 1 aromatic heterocycles. The lowest BCUT2D eigenvalue weighted by Crippen LogP contribution is -2.30. The molecule has 1 aliphatic heterocycles. The van der Waals surface area contributed by atoms with Crippen LogP contribution in [-0.4, -0.2) is 41.0 Å². The second kappa shape index (κ2) is 11.1. The molecule has 1 aliphatic rings. The summed E-state index contributed by atoms with van der Waals surface area (Å²) in [5, 5.41) is 15.2. The monoisotopic (exact) mass is 500 g/mol. The average molecular weight is 500 g/mol. The standard InChI is InChI=1S/C19H28N6O2.HI/c1-4-20-19(21-13-18-24-23-17-8-6-7-11-25(17)18)22-14-9-10-15(27-5-2)16(12-14)26-3;/h9-10,12H,4-8,11,13H2,1-3H3,(H2,20,21,22);1H. The number of nitrogens with zero attached hydrogens (tertiary/aromatic N) is 4. The van der Waals surface area contributed by atoms with Crippen molar-refractivity contribution in [2.24, 2.45) is 4.99 Å². The first-order valence-electron chi connectivity index (χ1n) is 9.52.